The van der Waals surface area contributed by atoms with Gasteiger partial charge in [0.2, 0.25) is 0 Å². The average molecular weight is 281 g/mol. The van der Waals surface area contributed by atoms with E-state index in [1.165, 1.54) is 24.0 Å². The zero-order valence-electron chi connectivity index (χ0n) is 12.2. The number of nitrogens with zero attached hydrogens (tertiary/aromatic N) is 2. The molecule has 1 aliphatic rings. The first kappa shape index (κ1) is 13.9. The first-order valence-corrected chi connectivity index (χ1v) is 7.25. The van der Waals surface area contributed by atoms with Crippen molar-refractivity contribution in [2.75, 3.05) is 6.54 Å². The van der Waals surface area contributed by atoms with Crippen molar-refractivity contribution in [2.24, 2.45) is 5.73 Å². The van der Waals surface area contributed by atoms with Gasteiger partial charge < -0.3 is 5.73 Å². The minimum absolute atomic E-state index is 0.00411. The van der Waals surface area contributed by atoms with Gasteiger partial charge in [-0.15, -0.1) is 0 Å². The molecule has 2 aromatic rings. The smallest absolute Gasteiger partial charge is 0.179 e. The molecule has 108 valence electrons. The van der Waals surface area contributed by atoms with Crippen LogP contribution in [0.2, 0.25) is 0 Å². The highest BCUT2D eigenvalue weighted by molar-refractivity contribution is 5.96. The first-order chi connectivity index (χ1) is 10.1. The van der Waals surface area contributed by atoms with Crippen LogP contribution >= 0.6 is 0 Å². The summed E-state index contributed by atoms with van der Waals surface area (Å²) in [7, 11) is 0. The molecule has 4 heteroatoms. The van der Waals surface area contributed by atoms with Gasteiger partial charge in [-0.25, -0.2) is 9.97 Å². The van der Waals surface area contributed by atoms with Gasteiger partial charge in [0.1, 0.15) is 5.82 Å². The van der Waals surface area contributed by atoms with Crippen LogP contribution in [0.1, 0.15) is 40.2 Å². The summed E-state index contributed by atoms with van der Waals surface area (Å²) in [6.07, 6.45) is 6.35. The topological polar surface area (TPSA) is 68.9 Å². The van der Waals surface area contributed by atoms with Crippen LogP contribution in [-0.2, 0) is 11.8 Å². The first-order valence-electron chi connectivity index (χ1n) is 7.25. The van der Waals surface area contributed by atoms with Gasteiger partial charge in [0.25, 0.3) is 0 Å². The highest BCUT2D eigenvalue weighted by Crippen LogP contribution is 2.51. The number of carbonyl (C=O) groups excluding carboxylic acids is 1. The number of aromatic nitrogens is 2. The molecule has 1 aliphatic carbocycles. The third-order valence-electron chi connectivity index (χ3n) is 4.28. The number of aryl methyl sites for hydroxylation is 1. The highest BCUT2D eigenvalue weighted by Gasteiger charge is 2.45. The van der Waals surface area contributed by atoms with E-state index in [1.54, 1.807) is 12.4 Å². The monoisotopic (exact) mass is 281 g/mol. The van der Waals surface area contributed by atoms with Crippen LogP contribution in [0.5, 0.6) is 0 Å². The van der Waals surface area contributed by atoms with E-state index in [4.69, 9.17) is 5.73 Å². The van der Waals surface area contributed by atoms with Crippen molar-refractivity contribution in [2.45, 2.75) is 31.6 Å². The molecule has 1 heterocycles. The molecule has 2 N–H and O–H groups in total. The van der Waals surface area contributed by atoms with Gasteiger partial charge in [0.15, 0.2) is 5.78 Å². The van der Waals surface area contributed by atoms with E-state index >= 15 is 0 Å². The summed E-state index contributed by atoms with van der Waals surface area (Å²) in [5.74, 6) is 0.672. The van der Waals surface area contributed by atoms with E-state index in [1.807, 2.05) is 0 Å². The third-order valence-corrected chi connectivity index (χ3v) is 4.28. The molecule has 0 bridgehead atoms. The predicted octanol–water partition coefficient (Wildman–Crippen LogP) is 2.20. The lowest BCUT2D eigenvalue weighted by Crippen LogP contribution is -2.17. The molecule has 21 heavy (non-hydrogen) atoms. The highest BCUT2D eigenvalue weighted by atomic mass is 16.1. The van der Waals surface area contributed by atoms with E-state index < -0.39 is 0 Å². The number of hydrogen-bond acceptors (Lipinski definition) is 4. The summed E-state index contributed by atoms with van der Waals surface area (Å²) in [6, 6.07) is 8.51. The van der Waals surface area contributed by atoms with E-state index in [0.717, 1.165) is 12.2 Å². The molecule has 1 aromatic carbocycles. The van der Waals surface area contributed by atoms with Crippen molar-refractivity contribution < 1.29 is 4.79 Å². The molecule has 0 atom stereocenters. The maximum atomic E-state index is 11.5. The van der Waals surface area contributed by atoms with Gasteiger partial charge in [0.05, 0.1) is 12.1 Å². The molecule has 1 aromatic heterocycles. The molecule has 0 radical (unpaired) electrons. The van der Waals surface area contributed by atoms with Crippen LogP contribution in [0.3, 0.4) is 0 Å². The quantitative estimate of drug-likeness (QED) is 0.853. The van der Waals surface area contributed by atoms with Crippen molar-refractivity contribution in [3.05, 3.63) is 59.2 Å². The molecule has 0 saturated heterocycles. The lowest BCUT2D eigenvalue weighted by atomic mass is 9.89. The number of hydrogen-bond donors (Lipinski definition) is 1. The molecule has 0 unspecified atom stereocenters. The van der Waals surface area contributed by atoms with Gasteiger partial charge in [-0.1, -0.05) is 24.3 Å². The Morgan fingerprint density at radius 2 is 1.90 bits per heavy atom. The Labute approximate surface area is 124 Å². The molecule has 3 rings (SSSR count). The number of carbonyl (C=O) groups is 1. The number of benzene rings is 1. The second kappa shape index (κ2) is 5.37. The average Bonchev–Trinajstić information content (AvgIpc) is 3.28. The zero-order chi connectivity index (χ0) is 14.9. The summed E-state index contributed by atoms with van der Waals surface area (Å²) >= 11 is 0. The normalized spacial score (nSPS) is 15.7. The van der Waals surface area contributed by atoms with Crippen molar-refractivity contribution in [1.29, 1.82) is 0 Å². The summed E-state index contributed by atoms with van der Waals surface area (Å²) in [5, 5.41) is 0. The lowest BCUT2D eigenvalue weighted by molar-refractivity contribution is 0.100. The van der Waals surface area contributed by atoms with Gasteiger partial charge in [0, 0.05) is 24.2 Å². The predicted molar refractivity (Wildman–Crippen MR) is 81.2 cm³/mol. The largest absolute Gasteiger partial charge is 0.324 e. The second-order valence-corrected chi connectivity index (χ2v) is 5.79. The van der Waals surface area contributed by atoms with Crippen molar-refractivity contribution in [1.82, 2.24) is 9.97 Å². The summed E-state index contributed by atoms with van der Waals surface area (Å²) < 4.78 is 0. The molecule has 0 amide bonds. The summed E-state index contributed by atoms with van der Waals surface area (Å²) in [6.45, 7) is 2.15. The van der Waals surface area contributed by atoms with Crippen LogP contribution in [0.15, 0.2) is 36.7 Å². The van der Waals surface area contributed by atoms with Crippen LogP contribution in [-0.4, -0.2) is 22.3 Å². The Hall–Kier alpha value is -2.07. The van der Waals surface area contributed by atoms with Crippen LogP contribution in [0.4, 0.5) is 0 Å². The van der Waals surface area contributed by atoms with Crippen molar-refractivity contribution >= 4 is 5.78 Å². The molecule has 1 fully saturated rings. The second-order valence-electron chi connectivity index (χ2n) is 5.79. The standard InChI is InChI=1S/C17H19N3O/c1-12-4-2-3-5-14(12)17(6-7-17)8-16-19-10-13(11-20-16)15(21)9-18/h2-5,10-11H,6-9,18H2,1H3. The summed E-state index contributed by atoms with van der Waals surface area (Å²) in [4.78, 5) is 20.2. The van der Waals surface area contributed by atoms with Crippen LogP contribution in [0.25, 0.3) is 0 Å². The molecule has 4 nitrogen and oxygen atoms in total. The summed E-state index contributed by atoms with van der Waals surface area (Å²) in [5.41, 5.74) is 8.74. The van der Waals surface area contributed by atoms with Crippen molar-refractivity contribution in [3.63, 3.8) is 0 Å². The Balaban J connectivity index is 1.81. The van der Waals surface area contributed by atoms with E-state index in [2.05, 4.69) is 41.2 Å². The van der Waals surface area contributed by atoms with E-state index in [0.29, 0.717) is 5.56 Å². The molecule has 1 saturated carbocycles. The maximum absolute atomic E-state index is 11.5. The van der Waals surface area contributed by atoms with Gasteiger partial charge >= 0.3 is 0 Å². The minimum atomic E-state index is -0.124. The maximum Gasteiger partial charge on any atom is 0.179 e. The number of Topliss-reactive ketones (excluding diaryl/α,β-unsaturated/α-hetero) is 1. The fourth-order valence-corrected chi connectivity index (χ4v) is 2.87. The van der Waals surface area contributed by atoms with Crippen LogP contribution < -0.4 is 5.73 Å². The number of ketones is 1. The SMILES string of the molecule is Cc1ccccc1C1(Cc2ncc(C(=O)CN)cn2)CC1. The number of rotatable bonds is 5. The Morgan fingerprint density at radius 1 is 1.24 bits per heavy atom. The lowest BCUT2D eigenvalue weighted by Gasteiger charge is -2.17. The molecular formula is C17H19N3O. The Kier molecular flexibility index (Phi) is 3.55. The number of nitrogens with two attached hydrogens (primary N) is 1. The zero-order valence-corrected chi connectivity index (χ0v) is 12.2. The molecule has 0 aliphatic heterocycles. The molecular weight excluding hydrogens is 262 g/mol. The van der Waals surface area contributed by atoms with Crippen molar-refractivity contribution in [3.8, 4) is 0 Å². The van der Waals surface area contributed by atoms with E-state index in [-0.39, 0.29) is 17.7 Å². The Morgan fingerprint density at radius 3 is 2.48 bits per heavy atom. The van der Waals surface area contributed by atoms with Crippen LogP contribution in [0, 0.1) is 6.92 Å². The Bertz CT molecular complexity index is 660. The van der Waals surface area contributed by atoms with Gasteiger partial charge in [-0.05, 0) is 30.9 Å². The van der Waals surface area contributed by atoms with Gasteiger partial charge in [-0.2, -0.15) is 0 Å². The minimum Gasteiger partial charge on any atom is -0.324 e. The fourth-order valence-electron chi connectivity index (χ4n) is 2.87. The van der Waals surface area contributed by atoms with E-state index in [9.17, 15) is 4.79 Å². The molecule has 0 spiro atoms. The fraction of sp³-hybridized carbons (Fsp3) is 0.353. The van der Waals surface area contributed by atoms with Gasteiger partial charge in [-0.3, -0.25) is 4.79 Å². The third kappa shape index (κ3) is 2.72.